The molecule has 112 valence electrons. The van der Waals surface area contributed by atoms with Gasteiger partial charge < -0.3 is 4.52 Å². The summed E-state index contributed by atoms with van der Waals surface area (Å²) in [6, 6.07) is 3.82. The van der Waals surface area contributed by atoms with Crippen molar-refractivity contribution in [1.29, 1.82) is 0 Å². The summed E-state index contributed by atoms with van der Waals surface area (Å²) in [5.74, 6) is 1.66. The largest absolute Gasteiger partial charge is 0.334 e. The van der Waals surface area contributed by atoms with E-state index >= 15 is 0 Å². The second-order valence-corrected chi connectivity index (χ2v) is 5.37. The number of rotatable bonds is 3. The molecule has 3 heterocycles. The summed E-state index contributed by atoms with van der Waals surface area (Å²) in [5, 5.41) is 4.45. The van der Waals surface area contributed by atoms with Gasteiger partial charge in [-0.3, -0.25) is 0 Å². The Morgan fingerprint density at radius 3 is 2.64 bits per heavy atom. The van der Waals surface area contributed by atoms with Crippen LogP contribution in [-0.4, -0.2) is 25.1 Å². The van der Waals surface area contributed by atoms with Crippen LogP contribution in [0.1, 0.15) is 28.6 Å². The zero-order chi connectivity index (χ0) is 15.7. The summed E-state index contributed by atoms with van der Waals surface area (Å²) in [6.07, 6.45) is 2.15. The maximum atomic E-state index is 6.13. The molecule has 0 spiro atoms. The molecular formula is C15H14ClN5O. The Morgan fingerprint density at radius 2 is 1.91 bits per heavy atom. The van der Waals surface area contributed by atoms with E-state index < -0.39 is 0 Å². The van der Waals surface area contributed by atoms with Crippen LogP contribution in [0.25, 0.3) is 11.5 Å². The minimum atomic E-state index is 0.406. The first-order chi connectivity index (χ1) is 10.5. The van der Waals surface area contributed by atoms with E-state index in [1.165, 1.54) is 0 Å². The topological polar surface area (TPSA) is 77.6 Å². The molecule has 3 aromatic heterocycles. The van der Waals surface area contributed by atoms with Crippen LogP contribution in [0.15, 0.2) is 22.9 Å². The van der Waals surface area contributed by atoms with Gasteiger partial charge in [0.25, 0.3) is 5.89 Å². The van der Waals surface area contributed by atoms with Crippen molar-refractivity contribution in [3.63, 3.8) is 0 Å². The van der Waals surface area contributed by atoms with Crippen molar-refractivity contribution in [1.82, 2.24) is 25.1 Å². The van der Waals surface area contributed by atoms with Gasteiger partial charge in [0, 0.05) is 18.3 Å². The third-order valence-corrected chi connectivity index (χ3v) is 3.54. The van der Waals surface area contributed by atoms with Gasteiger partial charge in [0.15, 0.2) is 5.82 Å². The monoisotopic (exact) mass is 315 g/mol. The molecule has 0 N–H and O–H groups in total. The summed E-state index contributed by atoms with van der Waals surface area (Å²) in [4.78, 5) is 17.1. The van der Waals surface area contributed by atoms with Crippen molar-refractivity contribution in [3.05, 3.63) is 52.1 Å². The smallest absolute Gasteiger partial charge is 0.261 e. The fraction of sp³-hybridized carbons (Fsp3) is 0.267. The van der Waals surface area contributed by atoms with Crippen molar-refractivity contribution in [2.24, 2.45) is 0 Å². The highest BCUT2D eigenvalue weighted by Crippen LogP contribution is 2.21. The highest BCUT2D eigenvalue weighted by Gasteiger charge is 2.14. The average molecular weight is 316 g/mol. The van der Waals surface area contributed by atoms with Crippen LogP contribution >= 0.6 is 11.6 Å². The third kappa shape index (κ3) is 2.96. The van der Waals surface area contributed by atoms with Gasteiger partial charge in [-0.15, -0.1) is 0 Å². The lowest BCUT2D eigenvalue weighted by Crippen LogP contribution is -1.96. The van der Waals surface area contributed by atoms with Crippen LogP contribution in [0, 0.1) is 20.8 Å². The first-order valence-corrected chi connectivity index (χ1v) is 7.16. The fourth-order valence-electron chi connectivity index (χ4n) is 2.08. The van der Waals surface area contributed by atoms with Crippen LogP contribution in [-0.2, 0) is 6.42 Å². The molecule has 3 aromatic rings. The molecule has 7 heteroatoms. The molecule has 0 aliphatic rings. The van der Waals surface area contributed by atoms with E-state index in [1.54, 1.807) is 6.20 Å². The zero-order valence-electron chi connectivity index (χ0n) is 12.5. The molecule has 6 nitrogen and oxygen atoms in total. The van der Waals surface area contributed by atoms with Crippen LogP contribution in [0.5, 0.6) is 0 Å². The summed E-state index contributed by atoms with van der Waals surface area (Å²) in [5.41, 5.74) is 3.27. The van der Waals surface area contributed by atoms with Gasteiger partial charge in [-0.1, -0.05) is 22.8 Å². The van der Waals surface area contributed by atoms with Crippen LogP contribution in [0.4, 0.5) is 0 Å². The lowest BCUT2D eigenvalue weighted by Gasteiger charge is -2.01. The maximum Gasteiger partial charge on any atom is 0.261 e. The number of aryl methyl sites for hydroxylation is 3. The average Bonchev–Trinajstić information content (AvgIpc) is 2.90. The number of hydrogen-bond acceptors (Lipinski definition) is 6. The van der Waals surface area contributed by atoms with E-state index in [9.17, 15) is 0 Å². The summed E-state index contributed by atoms with van der Waals surface area (Å²) < 4.78 is 5.30. The van der Waals surface area contributed by atoms with Gasteiger partial charge in [0.2, 0.25) is 0 Å². The van der Waals surface area contributed by atoms with Crippen molar-refractivity contribution in [2.45, 2.75) is 27.2 Å². The molecule has 3 rings (SSSR count). The molecule has 0 aliphatic heterocycles. The van der Waals surface area contributed by atoms with E-state index in [-0.39, 0.29) is 0 Å². The molecule has 0 amide bonds. The van der Waals surface area contributed by atoms with Gasteiger partial charge in [-0.25, -0.2) is 15.0 Å². The van der Waals surface area contributed by atoms with Gasteiger partial charge in [0.1, 0.15) is 11.0 Å². The molecule has 0 fully saturated rings. The lowest BCUT2D eigenvalue weighted by atomic mass is 10.2. The normalized spacial score (nSPS) is 10.9. The molecular weight excluding hydrogens is 302 g/mol. The molecule has 0 unspecified atom stereocenters. The van der Waals surface area contributed by atoms with E-state index in [1.807, 2.05) is 32.9 Å². The van der Waals surface area contributed by atoms with Gasteiger partial charge in [-0.2, -0.15) is 4.98 Å². The number of hydrogen-bond donors (Lipinski definition) is 0. The third-order valence-electron chi connectivity index (χ3n) is 3.21. The second-order valence-electron chi connectivity index (χ2n) is 5.01. The van der Waals surface area contributed by atoms with Crippen molar-refractivity contribution in [2.75, 3.05) is 0 Å². The Hall–Kier alpha value is -2.34. The Kier molecular flexibility index (Phi) is 3.85. The predicted octanol–water partition coefficient (Wildman–Crippen LogP) is 3.09. The fourth-order valence-corrected chi connectivity index (χ4v) is 2.35. The van der Waals surface area contributed by atoms with Crippen LogP contribution < -0.4 is 0 Å². The number of nitrogens with zero attached hydrogens (tertiary/aromatic N) is 5. The molecule has 0 radical (unpaired) electrons. The lowest BCUT2D eigenvalue weighted by molar-refractivity contribution is 0.423. The van der Waals surface area contributed by atoms with E-state index in [0.717, 1.165) is 22.5 Å². The number of aromatic nitrogens is 5. The molecule has 0 aliphatic carbocycles. The van der Waals surface area contributed by atoms with Gasteiger partial charge >= 0.3 is 0 Å². The van der Waals surface area contributed by atoms with E-state index in [2.05, 4.69) is 25.1 Å². The van der Waals surface area contributed by atoms with E-state index in [0.29, 0.717) is 29.1 Å². The predicted molar refractivity (Wildman–Crippen MR) is 81.6 cm³/mol. The molecule has 22 heavy (non-hydrogen) atoms. The van der Waals surface area contributed by atoms with Gasteiger partial charge in [0.05, 0.1) is 11.3 Å². The Balaban J connectivity index is 1.87. The molecule has 0 bridgehead atoms. The van der Waals surface area contributed by atoms with Crippen molar-refractivity contribution < 1.29 is 4.52 Å². The minimum Gasteiger partial charge on any atom is -0.334 e. The molecule has 0 atom stereocenters. The molecule has 0 aromatic carbocycles. The standard InChI is InChI=1S/C15H14ClN5O/c1-8-4-5-11(14(16)18-8)6-13-20-15(22-21-13)12-7-17-10(3)19-9(12)2/h4-5,7H,6H2,1-3H3. The minimum absolute atomic E-state index is 0.406. The molecule has 0 saturated heterocycles. The van der Waals surface area contributed by atoms with Crippen LogP contribution in [0.3, 0.4) is 0 Å². The second kappa shape index (κ2) is 5.81. The first-order valence-electron chi connectivity index (χ1n) is 6.78. The first kappa shape index (κ1) is 14.6. The Morgan fingerprint density at radius 1 is 1.09 bits per heavy atom. The molecule has 0 saturated carbocycles. The van der Waals surface area contributed by atoms with Crippen molar-refractivity contribution >= 4 is 11.6 Å². The quantitative estimate of drug-likeness (QED) is 0.691. The van der Waals surface area contributed by atoms with E-state index in [4.69, 9.17) is 16.1 Å². The zero-order valence-corrected chi connectivity index (χ0v) is 13.2. The highest BCUT2D eigenvalue weighted by molar-refractivity contribution is 6.30. The number of halogens is 1. The van der Waals surface area contributed by atoms with Crippen LogP contribution in [0.2, 0.25) is 5.15 Å². The highest BCUT2D eigenvalue weighted by atomic mass is 35.5. The Labute approximate surface area is 132 Å². The Bertz CT molecular complexity index is 831. The number of pyridine rings is 1. The summed E-state index contributed by atoms with van der Waals surface area (Å²) in [7, 11) is 0. The summed E-state index contributed by atoms with van der Waals surface area (Å²) >= 11 is 6.13. The van der Waals surface area contributed by atoms with Crippen molar-refractivity contribution in [3.8, 4) is 11.5 Å². The summed E-state index contributed by atoms with van der Waals surface area (Å²) in [6.45, 7) is 5.61. The maximum absolute atomic E-state index is 6.13. The van der Waals surface area contributed by atoms with Gasteiger partial charge in [-0.05, 0) is 32.4 Å². The SMILES string of the molecule is Cc1ccc(Cc2noc(-c3cnc(C)nc3C)n2)c(Cl)n1.